The van der Waals surface area contributed by atoms with Crippen molar-refractivity contribution in [2.75, 3.05) is 0 Å². The van der Waals surface area contributed by atoms with Gasteiger partial charge in [0.15, 0.2) is 0 Å². The molecule has 0 heterocycles. The first-order valence-electron chi connectivity index (χ1n) is 12.4. The predicted molar refractivity (Wildman–Crippen MR) is 134 cm³/mol. The molecule has 32 heavy (non-hydrogen) atoms. The summed E-state index contributed by atoms with van der Waals surface area (Å²) in [6.07, 6.45) is 11.4. The molecule has 166 valence electrons. The molecular weight excluding hydrogens is 391 g/mol. The third kappa shape index (κ3) is 5.80. The highest BCUT2D eigenvalue weighted by molar-refractivity contribution is 5.85. The van der Waals surface area contributed by atoms with Gasteiger partial charge in [-0.15, -0.1) is 0 Å². The molecule has 0 saturated heterocycles. The van der Waals surface area contributed by atoms with Crippen LogP contribution in [0.4, 0.5) is 4.39 Å². The minimum Gasteiger partial charge on any atom is -0.206 e. The molecular formula is C31H35F. The number of hydrogen-bond donors (Lipinski definition) is 0. The van der Waals surface area contributed by atoms with Crippen LogP contribution in [0.5, 0.6) is 0 Å². The zero-order valence-corrected chi connectivity index (χ0v) is 19.6. The lowest BCUT2D eigenvalue weighted by Crippen LogP contribution is -2.15. The molecule has 0 spiro atoms. The molecule has 0 bridgehead atoms. The Morgan fingerprint density at radius 3 is 2.19 bits per heavy atom. The maximum Gasteiger partial charge on any atom is 0.134 e. The Labute approximate surface area is 193 Å². The van der Waals surface area contributed by atoms with Crippen LogP contribution < -0.4 is 0 Å². The summed E-state index contributed by atoms with van der Waals surface area (Å²) in [5, 5.41) is 1.64. The highest BCUT2D eigenvalue weighted by Crippen LogP contribution is 2.34. The molecule has 0 radical (unpaired) electrons. The Balaban J connectivity index is 1.39. The van der Waals surface area contributed by atoms with Crippen LogP contribution in [0.1, 0.15) is 80.5 Å². The summed E-state index contributed by atoms with van der Waals surface area (Å²) in [5.74, 6) is 8.08. The van der Waals surface area contributed by atoms with Crippen molar-refractivity contribution in [3.8, 4) is 11.8 Å². The Kier molecular flexibility index (Phi) is 7.64. The van der Waals surface area contributed by atoms with E-state index in [2.05, 4.69) is 43.9 Å². The second-order valence-corrected chi connectivity index (χ2v) is 9.66. The molecule has 0 amide bonds. The van der Waals surface area contributed by atoms with Gasteiger partial charge in [0, 0.05) is 16.5 Å². The zero-order chi connectivity index (χ0) is 22.3. The van der Waals surface area contributed by atoms with Crippen LogP contribution in [-0.2, 0) is 6.42 Å². The largest absolute Gasteiger partial charge is 0.206 e. The van der Waals surface area contributed by atoms with Crippen molar-refractivity contribution in [1.29, 1.82) is 0 Å². The van der Waals surface area contributed by atoms with Gasteiger partial charge in [-0.3, -0.25) is 0 Å². The van der Waals surface area contributed by atoms with E-state index in [1.165, 1.54) is 50.5 Å². The molecule has 0 atom stereocenters. The van der Waals surface area contributed by atoms with E-state index >= 15 is 4.39 Å². The van der Waals surface area contributed by atoms with E-state index in [1.54, 1.807) is 0 Å². The van der Waals surface area contributed by atoms with Crippen LogP contribution in [0.25, 0.3) is 10.8 Å². The van der Waals surface area contributed by atoms with E-state index in [1.807, 2.05) is 36.4 Å². The van der Waals surface area contributed by atoms with Gasteiger partial charge in [-0.1, -0.05) is 99.6 Å². The lowest BCUT2D eigenvalue weighted by Gasteiger charge is -2.28. The Hall–Kier alpha value is -2.59. The molecule has 0 unspecified atom stereocenters. The van der Waals surface area contributed by atoms with Crippen molar-refractivity contribution in [3.05, 3.63) is 82.7 Å². The number of benzene rings is 3. The Morgan fingerprint density at radius 1 is 0.812 bits per heavy atom. The standard InChI is InChI=1S/C31H35F/c1-3-4-5-24-10-12-26(13-11-24)16-18-28-19-20-29-22-27(17-21-30(29)31(28)32)15-14-25-8-6-23(2)7-9-25/h6-9,17,19-22,24,26H,3-5,10-13,16,18H2,1-2H3. The summed E-state index contributed by atoms with van der Waals surface area (Å²) in [6.45, 7) is 4.35. The van der Waals surface area contributed by atoms with Crippen molar-refractivity contribution in [1.82, 2.24) is 0 Å². The molecule has 3 aromatic carbocycles. The number of aryl methyl sites for hydroxylation is 2. The van der Waals surface area contributed by atoms with Gasteiger partial charge in [-0.05, 0) is 66.8 Å². The first-order chi connectivity index (χ1) is 15.6. The first-order valence-corrected chi connectivity index (χ1v) is 12.4. The topological polar surface area (TPSA) is 0 Å². The summed E-state index contributed by atoms with van der Waals surface area (Å²) in [4.78, 5) is 0. The van der Waals surface area contributed by atoms with Gasteiger partial charge < -0.3 is 0 Å². The normalized spacial score (nSPS) is 18.3. The average molecular weight is 427 g/mol. The number of hydrogen-bond acceptors (Lipinski definition) is 0. The predicted octanol–water partition coefficient (Wildman–Crippen LogP) is 8.62. The van der Waals surface area contributed by atoms with E-state index in [0.717, 1.165) is 46.8 Å². The van der Waals surface area contributed by atoms with E-state index < -0.39 is 0 Å². The van der Waals surface area contributed by atoms with Gasteiger partial charge in [0.1, 0.15) is 5.82 Å². The lowest BCUT2D eigenvalue weighted by molar-refractivity contribution is 0.249. The minimum atomic E-state index is -0.0443. The van der Waals surface area contributed by atoms with Crippen LogP contribution in [0.3, 0.4) is 0 Å². The minimum absolute atomic E-state index is 0.0443. The average Bonchev–Trinajstić information content (AvgIpc) is 2.82. The lowest BCUT2D eigenvalue weighted by atomic mass is 9.78. The second kappa shape index (κ2) is 10.8. The van der Waals surface area contributed by atoms with Gasteiger partial charge in [0.25, 0.3) is 0 Å². The molecule has 3 aromatic rings. The zero-order valence-electron chi connectivity index (χ0n) is 19.6. The monoisotopic (exact) mass is 426 g/mol. The molecule has 1 heteroatoms. The highest BCUT2D eigenvalue weighted by atomic mass is 19.1. The quantitative estimate of drug-likeness (QED) is 0.346. The van der Waals surface area contributed by atoms with Crippen molar-refractivity contribution in [2.24, 2.45) is 11.8 Å². The van der Waals surface area contributed by atoms with Gasteiger partial charge in [-0.2, -0.15) is 0 Å². The van der Waals surface area contributed by atoms with E-state index in [4.69, 9.17) is 0 Å². The molecule has 1 saturated carbocycles. The smallest absolute Gasteiger partial charge is 0.134 e. The third-order valence-corrected chi connectivity index (χ3v) is 7.19. The van der Waals surface area contributed by atoms with Crippen molar-refractivity contribution >= 4 is 10.8 Å². The van der Waals surface area contributed by atoms with E-state index in [9.17, 15) is 0 Å². The summed E-state index contributed by atoms with van der Waals surface area (Å²) in [6, 6.07) is 18.1. The molecule has 4 rings (SSSR count). The van der Waals surface area contributed by atoms with Crippen molar-refractivity contribution in [2.45, 2.75) is 71.6 Å². The van der Waals surface area contributed by atoms with Gasteiger partial charge >= 0.3 is 0 Å². The number of halogens is 1. The molecule has 1 aliphatic rings. The van der Waals surface area contributed by atoms with Crippen LogP contribution in [0.15, 0.2) is 54.6 Å². The summed E-state index contributed by atoms with van der Waals surface area (Å²) in [7, 11) is 0. The van der Waals surface area contributed by atoms with Gasteiger partial charge in [0.2, 0.25) is 0 Å². The van der Waals surface area contributed by atoms with Crippen molar-refractivity contribution in [3.63, 3.8) is 0 Å². The third-order valence-electron chi connectivity index (χ3n) is 7.19. The summed E-state index contributed by atoms with van der Waals surface area (Å²) in [5.41, 5.74) is 4.01. The molecule has 0 aliphatic heterocycles. The SMILES string of the molecule is CCCCC1CCC(CCc2ccc3cc(C#Cc4ccc(C)cc4)ccc3c2F)CC1. The molecule has 0 N–H and O–H groups in total. The van der Waals surface area contributed by atoms with E-state index in [0.29, 0.717) is 5.39 Å². The fourth-order valence-electron chi connectivity index (χ4n) is 5.05. The first kappa shape index (κ1) is 22.6. The summed E-state index contributed by atoms with van der Waals surface area (Å²) >= 11 is 0. The fraction of sp³-hybridized carbons (Fsp3) is 0.419. The second-order valence-electron chi connectivity index (χ2n) is 9.66. The van der Waals surface area contributed by atoms with Gasteiger partial charge in [-0.25, -0.2) is 4.39 Å². The summed E-state index contributed by atoms with van der Waals surface area (Å²) < 4.78 is 15.2. The maximum absolute atomic E-state index is 15.2. The van der Waals surface area contributed by atoms with Crippen LogP contribution >= 0.6 is 0 Å². The van der Waals surface area contributed by atoms with Crippen molar-refractivity contribution < 1.29 is 4.39 Å². The van der Waals surface area contributed by atoms with E-state index in [-0.39, 0.29) is 5.82 Å². The number of fused-ring (bicyclic) bond motifs is 1. The Morgan fingerprint density at radius 2 is 1.47 bits per heavy atom. The van der Waals surface area contributed by atoms with Gasteiger partial charge in [0.05, 0.1) is 0 Å². The molecule has 0 aromatic heterocycles. The van der Waals surface area contributed by atoms with Crippen LogP contribution in [0.2, 0.25) is 0 Å². The number of rotatable bonds is 6. The fourth-order valence-corrected chi connectivity index (χ4v) is 5.05. The maximum atomic E-state index is 15.2. The van der Waals surface area contributed by atoms with Crippen LogP contribution in [-0.4, -0.2) is 0 Å². The molecule has 0 nitrogen and oxygen atoms in total. The number of unbranched alkanes of at least 4 members (excludes halogenated alkanes) is 1. The highest BCUT2D eigenvalue weighted by Gasteiger charge is 2.21. The molecule has 1 fully saturated rings. The molecule has 1 aliphatic carbocycles. The van der Waals surface area contributed by atoms with Crippen LogP contribution in [0, 0.1) is 36.4 Å². The Bertz CT molecular complexity index is 1090.